The fourth-order valence-electron chi connectivity index (χ4n) is 7.42. The highest BCUT2D eigenvalue weighted by Crippen LogP contribution is 2.56. The van der Waals surface area contributed by atoms with Crippen molar-refractivity contribution in [1.82, 2.24) is 24.9 Å². The van der Waals surface area contributed by atoms with Crippen LogP contribution in [-0.2, 0) is 4.79 Å². The van der Waals surface area contributed by atoms with Gasteiger partial charge in [0.1, 0.15) is 0 Å². The molecule has 0 bridgehead atoms. The number of benzene rings is 1. The number of aromatic nitrogens is 4. The molecule has 3 aliphatic rings. The lowest BCUT2D eigenvalue weighted by molar-refractivity contribution is -0.149. The molecule has 0 unspecified atom stereocenters. The number of nitrogens with two attached hydrogens (primary N) is 1. The van der Waals surface area contributed by atoms with Crippen LogP contribution in [0, 0.1) is 24.7 Å². The van der Waals surface area contributed by atoms with Crippen LogP contribution in [-0.4, -0.2) is 75.3 Å². The van der Waals surface area contributed by atoms with Crippen molar-refractivity contribution in [1.29, 1.82) is 5.41 Å². The van der Waals surface area contributed by atoms with Crippen LogP contribution >= 0.6 is 11.6 Å². The van der Waals surface area contributed by atoms with E-state index in [9.17, 15) is 4.79 Å². The second-order valence-electron chi connectivity index (χ2n) is 12.7. The van der Waals surface area contributed by atoms with Gasteiger partial charge in [-0.15, -0.1) is 0 Å². The molecule has 43 heavy (non-hydrogen) atoms. The molecule has 4 heterocycles. The van der Waals surface area contributed by atoms with Crippen LogP contribution in [0.25, 0.3) is 11.1 Å². The zero-order valence-electron chi connectivity index (χ0n) is 25.4. The monoisotopic (exact) mass is 601 g/mol. The molecule has 1 spiro atoms. The van der Waals surface area contributed by atoms with Crippen LogP contribution in [0.4, 0.5) is 17.2 Å². The Bertz CT molecular complexity index is 1590. The summed E-state index contributed by atoms with van der Waals surface area (Å²) in [6, 6.07) is 4.06. The van der Waals surface area contributed by atoms with Crippen molar-refractivity contribution in [2.75, 3.05) is 48.3 Å². The maximum absolute atomic E-state index is 12.1. The summed E-state index contributed by atoms with van der Waals surface area (Å²) >= 11 is 7.07. The Balaban J connectivity index is 1.42. The quantitative estimate of drug-likeness (QED) is 0.221. The molecule has 1 aliphatic carbocycles. The van der Waals surface area contributed by atoms with Gasteiger partial charge in [0.2, 0.25) is 5.91 Å². The van der Waals surface area contributed by atoms with Crippen LogP contribution in [0.3, 0.4) is 0 Å². The van der Waals surface area contributed by atoms with Gasteiger partial charge in [0.25, 0.3) is 0 Å². The second kappa shape index (κ2) is 10.7. The highest BCUT2D eigenvalue weighted by atomic mass is 35.5. The molecule has 226 valence electrons. The van der Waals surface area contributed by atoms with Gasteiger partial charge in [-0.3, -0.25) is 9.48 Å². The molecule has 1 amide bonds. The third-order valence-electron chi connectivity index (χ3n) is 9.99. The van der Waals surface area contributed by atoms with E-state index < -0.39 is 0 Å². The predicted molar refractivity (Wildman–Crippen MR) is 172 cm³/mol. The van der Waals surface area contributed by atoms with Gasteiger partial charge in [0.05, 0.1) is 34.7 Å². The fourth-order valence-corrected chi connectivity index (χ4v) is 7.67. The molecule has 2 saturated heterocycles. The lowest BCUT2D eigenvalue weighted by Gasteiger charge is -2.58. The number of nitrogen functional groups attached to an aromatic ring is 1. The zero-order chi connectivity index (χ0) is 30.7. The number of amides is 1. The fraction of sp³-hybridized carbons (Fsp3) is 0.469. The second-order valence-corrected chi connectivity index (χ2v) is 13.1. The maximum atomic E-state index is 12.1. The van der Waals surface area contributed by atoms with Gasteiger partial charge in [-0.1, -0.05) is 25.1 Å². The summed E-state index contributed by atoms with van der Waals surface area (Å²) in [5.74, 6) is 0.877. The Morgan fingerprint density at radius 2 is 1.95 bits per heavy atom. The minimum Gasteiger partial charge on any atom is -0.398 e. The van der Waals surface area contributed by atoms with Crippen molar-refractivity contribution < 1.29 is 4.79 Å². The molecular weight excluding hydrogens is 562 g/mol. The van der Waals surface area contributed by atoms with Crippen molar-refractivity contribution >= 4 is 40.9 Å². The predicted octanol–water partition coefficient (Wildman–Crippen LogP) is 5.04. The van der Waals surface area contributed by atoms with Crippen LogP contribution in [0.1, 0.15) is 56.0 Å². The van der Waals surface area contributed by atoms with Crippen LogP contribution in [0.5, 0.6) is 0 Å². The highest BCUT2D eigenvalue weighted by Gasteiger charge is 2.55. The van der Waals surface area contributed by atoms with E-state index in [1.165, 1.54) is 12.3 Å². The van der Waals surface area contributed by atoms with Gasteiger partial charge in [0, 0.05) is 72.4 Å². The molecule has 3 aromatic rings. The number of carbonyl (C=O) groups excluding carboxylic acids is 1. The van der Waals surface area contributed by atoms with E-state index in [2.05, 4.69) is 52.0 Å². The molecule has 3 N–H and O–H groups in total. The summed E-state index contributed by atoms with van der Waals surface area (Å²) in [6.07, 6.45) is 9.08. The van der Waals surface area contributed by atoms with Crippen LogP contribution < -0.4 is 15.5 Å². The molecule has 6 rings (SSSR count). The summed E-state index contributed by atoms with van der Waals surface area (Å²) in [5.41, 5.74) is 12.2. The first-order valence-electron chi connectivity index (χ1n) is 14.9. The summed E-state index contributed by atoms with van der Waals surface area (Å²) in [6.45, 7) is 16.1. The van der Waals surface area contributed by atoms with Crippen LogP contribution in [0.2, 0.25) is 5.02 Å². The van der Waals surface area contributed by atoms with E-state index in [1.807, 2.05) is 30.2 Å². The van der Waals surface area contributed by atoms with Crippen molar-refractivity contribution in [2.24, 2.45) is 5.41 Å². The van der Waals surface area contributed by atoms with E-state index in [0.29, 0.717) is 16.3 Å². The third kappa shape index (κ3) is 4.67. The van der Waals surface area contributed by atoms with Gasteiger partial charge in [0.15, 0.2) is 5.82 Å². The molecule has 0 radical (unpaired) electrons. The number of likely N-dealkylation sites (tertiary alicyclic amines) is 1. The number of hydrogen-bond donors (Lipinski definition) is 2. The van der Waals surface area contributed by atoms with Crippen LogP contribution in [0.15, 0.2) is 37.2 Å². The average molecular weight is 602 g/mol. The van der Waals surface area contributed by atoms with E-state index in [-0.39, 0.29) is 22.9 Å². The van der Waals surface area contributed by atoms with Gasteiger partial charge in [-0.2, -0.15) is 15.3 Å². The molecule has 1 aromatic carbocycles. The smallest absolute Gasteiger partial charge is 0.245 e. The lowest BCUT2D eigenvalue weighted by atomic mass is 9.60. The molecule has 2 aromatic heterocycles. The Morgan fingerprint density at radius 3 is 2.58 bits per heavy atom. The van der Waals surface area contributed by atoms with E-state index in [1.54, 1.807) is 6.20 Å². The van der Waals surface area contributed by atoms with E-state index >= 15 is 0 Å². The van der Waals surface area contributed by atoms with Crippen molar-refractivity contribution in [3.8, 4) is 11.1 Å². The number of aryl methyl sites for hydroxylation is 1. The lowest BCUT2D eigenvalue weighted by Crippen LogP contribution is -2.63. The van der Waals surface area contributed by atoms with Gasteiger partial charge in [-0.05, 0) is 63.8 Å². The molecule has 2 aliphatic heterocycles. The number of halogens is 1. The third-order valence-corrected chi connectivity index (χ3v) is 10.5. The first kappa shape index (κ1) is 29.2. The minimum atomic E-state index is -0.241. The van der Waals surface area contributed by atoms with Gasteiger partial charge in [-0.25, -0.2) is 0 Å². The van der Waals surface area contributed by atoms with E-state index in [4.69, 9.17) is 27.8 Å². The zero-order valence-corrected chi connectivity index (χ0v) is 26.2. The molecule has 1 atom stereocenters. The van der Waals surface area contributed by atoms with Crippen molar-refractivity contribution in [3.05, 3.63) is 59.0 Å². The molecule has 1 saturated carbocycles. The number of anilines is 3. The summed E-state index contributed by atoms with van der Waals surface area (Å²) < 4.78 is 2.17. The summed E-state index contributed by atoms with van der Waals surface area (Å²) in [7, 11) is 0. The Labute approximate surface area is 258 Å². The number of carbonyl (C=O) groups is 1. The number of hydrogen-bond acceptors (Lipinski definition) is 8. The van der Waals surface area contributed by atoms with E-state index in [0.717, 1.165) is 85.9 Å². The number of rotatable bonds is 7. The topological polar surface area (TPSA) is 120 Å². The summed E-state index contributed by atoms with van der Waals surface area (Å²) in [4.78, 5) is 18.8. The minimum absolute atomic E-state index is 0.000286. The van der Waals surface area contributed by atoms with Crippen molar-refractivity contribution in [3.63, 3.8) is 0 Å². The largest absolute Gasteiger partial charge is 0.398 e. The number of piperazine rings is 1. The molecule has 11 heteroatoms. The Morgan fingerprint density at radius 1 is 1.21 bits per heavy atom. The normalized spacial score (nSPS) is 21.5. The van der Waals surface area contributed by atoms with Crippen molar-refractivity contribution in [2.45, 2.75) is 58.5 Å². The molecular formula is C32H40ClN9O. The first-order valence-corrected chi connectivity index (χ1v) is 15.3. The summed E-state index contributed by atoms with van der Waals surface area (Å²) in [5, 5.41) is 22.3. The molecule has 3 fully saturated rings. The van der Waals surface area contributed by atoms with Gasteiger partial charge < -0.3 is 25.8 Å². The maximum Gasteiger partial charge on any atom is 0.245 e. The standard InChI is InChI=1S/C32H40ClN9O/c1-6-26(43)40-18-32(19-40)13-23(14-32)42-21(4)27(28-24(15-34)25(35)12-20(3)29(28)33)30(38-42)41-11-10-39(17-31(41,5)7-2)22-8-9-36-37-16-22/h6,8-9,12,15-16,23,34H,1,7,10-11,13-14,17-19,35H2,2-5H3/t31-/m0/s1. The molecule has 10 nitrogen and oxygen atoms in total. The first-order chi connectivity index (χ1) is 20.5. The number of nitrogens with zero attached hydrogens (tertiary/aromatic N) is 7. The Hall–Kier alpha value is -3.92. The highest BCUT2D eigenvalue weighted by molar-refractivity contribution is 6.35. The number of nitrogens with one attached hydrogen (secondary N) is 1. The van der Waals surface area contributed by atoms with Gasteiger partial charge >= 0.3 is 0 Å². The Kier molecular flexibility index (Phi) is 7.23. The average Bonchev–Trinajstić information content (AvgIpc) is 3.29. The SMILES string of the molecule is C=CC(=O)N1CC2(CC(n3nc(N4CCN(c5ccnnc5)C[C@]4(C)CC)c(-c4c(Cl)c(C)cc(N)c4C=N)c3C)C2)C1.